The highest BCUT2D eigenvalue weighted by molar-refractivity contribution is 7.99. The van der Waals surface area contributed by atoms with Crippen molar-refractivity contribution < 1.29 is 13.6 Å². The lowest BCUT2D eigenvalue weighted by atomic mass is 10.2. The number of nitrogens with zero attached hydrogens (tertiary/aromatic N) is 4. The highest BCUT2D eigenvalue weighted by atomic mass is 32.2. The number of rotatable bonds is 8. The number of anilines is 1. The number of aryl methyl sites for hydroxylation is 3. The van der Waals surface area contributed by atoms with Crippen LogP contribution in [0.4, 0.5) is 14.6 Å². The topological polar surface area (TPSA) is 84.7 Å². The van der Waals surface area contributed by atoms with Crippen LogP contribution in [0.25, 0.3) is 5.82 Å². The first-order chi connectivity index (χ1) is 14.3. The van der Waals surface area contributed by atoms with Gasteiger partial charge in [0, 0.05) is 29.7 Å². The number of halogens is 2. The summed E-state index contributed by atoms with van der Waals surface area (Å²) in [6.45, 7) is 6.36. The zero-order chi connectivity index (χ0) is 21.7. The third kappa shape index (κ3) is 5.53. The van der Waals surface area contributed by atoms with E-state index in [2.05, 4.69) is 25.7 Å². The highest BCUT2D eigenvalue weighted by Gasteiger charge is 2.15. The van der Waals surface area contributed by atoms with E-state index in [0.717, 1.165) is 11.4 Å². The van der Waals surface area contributed by atoms with Crippen molar-refractivity contribution in [3.8, 4) is 5.82 Å². The number of alkyl halides is 2. The van der Waals surface area contributed by atoms with Gasteiger partial charge in [-0.1, -0.05) is 23.9 Å². The van der Waals surface area contributed by atoms with Gasteiger partial charge in [-0.2, -0.15) is 13.9 Å². The molecule has 3 aromatic rings. The third-order valence-corrected chi connectivity index (χ3v) is 4.90. The average Bonchev–Trinajstić information content (AvgIpc) is 3.03. The van der Waals surface area contributed by atoms with Crippen LogP contribution >= 0.6 is 11.8 Å². The van der Waals surface area contributed by atoms with Crippen LogP contribution in [-0.4, -0.2) is 44.5 Å². The van der Waals surface area contributed by atoms with Gasteiger partial charge < -0.3 is 10.6 Å². The molecule has 0 unspecified atom stereocenters. The molecule has 0 radical (unpaired) electrons. The number of aromatic nitrogens is 4. The Labute approximate surface area is 177 Å². The Balaban J connectivity index is 1.60. The summed E-state index contributed by atoms with van der Waals surface area (Å²) in [6, 6.07) is 10.1. The first kappa shape index (κ1) is 21.7. The van der Waals surface area contributed by atoms with E-state index >= 15 is 0 Å². The fraction of sp³-hybridized carbons (Fsp3) is 0.300. The Morgan fingerprint density at radius 2 is 1.90 bits per heavy atom. The van der Waals surface area contributed by atoms with Crippen LogP contribution in [-0.2, 0) is 0 Å². The van der Waals surface area contributed by atoms with Crippen molar-refractivity contribution in [3.63, 3.8) is 0 Å². The summed E-state index contributed by atoms with van der Waals surface area (Å²) in [6.07, 6.45) is 0. The molecule has 2 N–H and O–H groups in total. The van der Waals surface area contributed by atoms with E-state index in [1.807, 2.05) is 19.9 Å². The molecule has 0 aliphatic rings. The summed E-state index contributed by atoms with van der Waals surface area (Å²) in [7, 11) is 0. The van der Waals surface area contributed by atoms with Crippen LogP contribution in [0.15, 0.2) is 41.3 Å². The van der Waals surface area contributed by atoms with E-state index in [4.69, 9.17) is 0 Å². The number of thioether (sulfide) groups is 1. The van der Waals surface area contributed by atoms with Crippen LogP contribution in [0.1, 0.15) is 27.6 Å². The van der Waals surface area contributed by atoms with Crippen molar-refractivity contribution in [3.05, 3.63) is 59.2 Å². The fourth-order valence-electron chi connectivity index (χ4n) is 2.93. The molecule has 2 heterocycles. The standard InChI is InChI=1S/C20H22F2N6OS/c1-12-10-13(2)28(27-12)18-11-17(25-14(3)26-18)23-8-9-24-19(29)15-6-4-5-7-16(15)30-20(21)22/h4-7,10-11,20H,8-9H2,1-3H3,(H,24,29)(H,23,25,26). The number of carbonyl (C=O) groups is 1. The molecule has 30 heavy (non-hydrogen) atoms. The Hall–Kier alpha value is -3.01. The molecular weight excluding hydrogens is 410 g/mol. The quantitative estimate of drug-likeness (QED) is 0.417. The molecule has 0 bridgehead atoms. The molecule has 2 aromatic heterocycles. The van der Waals surface area contributed by atoms with Gasteiger partial charge in [0.15, 0.2) is 5.82 Å². The summed E-state index contributed by atoms with van der Waals surface area (Å²) in [5, 5.41) is 10.3. The van der Waals surface area contributed by atoms with Crippen molar-refractivity contribution in [2.45, 2.75) is 31.4 Å². The van der Waals surface area contributed by atoms with Crippen LogP contribution in [0.2, 0.25) is 0 Å². The maximum Gasteiger partial charge on any atom is 0.288 e. The van der Waals surface area contributed by atoms with Crippen LogP contribution < -0.4 is 10.6 Å². The van der Waals surface area contributed by atoms with Gasteiger partial charge in [0.25, 0.3) is 11.7 Å². The second-order valence-corrected chi connectivity index (χ2v) is 7.59. The van der Waals surface area contributed by atoms with E-state index in [0.29, 0.717) is 42.3 Å². The predicted molar refractivity (Wildman–Crippen MR) is 112 cm³/mol. The van der Waals surface area contributed by atoms with Gasteiger partial charge in [-0.25, -0.2) is 14.6 Å². The van der Waals surface area contributed by atoms with Gasteiger partial charge in [0.05, 0.1) is 11.3 Å². The zero-order valence-electron chi connectivity index (χ0n) is 16.8. The fourth-order valence-corrected chi connectivity index (χ4v) is 3.56. The second kappa shape index (κ2) is 9.66. The van der Waals surface area contributed by atoms with Gasteiger partial charge in [-0.05, 0) is 39.0 Å². The summed E-state index contributed by atoms with van der Waals surface area (Å²) in [5.41, 5.74) is 2.09. The van der Waals surface area contributed by atoms with E-state index < -0.39 is 11.7 Å². The Morgan fingerprint density at radius 3 is 2.60 bits per heavy atom. The number of benzene rings is 1. The van der Waals surface area contributed by atoms with Crippen LogP contribution in [0.3, 0.4) is 0 Å². The zero-order valence-corrected chi connectivity index (χ0v) is 17.6. The van der Waals surface area contributed by atoms with E-state index in [1.54, 1.807) is 29.8 Å². The van der Waals surface area contributed by atoms with Crippen molar-refractivity contribution in [1.29, 1.82) is 0 Å². The lowest BCUT2D eigenvalue weighted by Gasteiger charge is -2.11. The third-order valence-electron chi connectivity index (χ3n) is 4.12. The van der Waals surface area contributed by atoms with Crippen molar-refractivity contribution in [2.75, 3.05) is 18.4 Å². The van der Waals surface area contributed by atoms with Gasteiger partial charge in [0.1, 0.15) is 11.6 Å². The van der Waals surface area contributed by atoms with E-state index in [-0.39, 0.29) is 10.5 Å². The molecule has 10 heteroatoms. The lowest BCUT2D eigenvalue weighted by Crippen LogP contribution is -2.29. The minimum atomic E-state index is -2.59. The smallest absolute Gasteiger partial charge is 0.288 e. The number of hydrogen-bond acceptors (Lipinski definition) is 6. The van der Waals surface area contributed by atoms with Gasteiger partial charge >= 0.3 is 0 Å². The molecule has 0 atom stereocenters. The van der Waals surface area contributed by atoms with E-state index in [9.17, 15) is 13.6 Å². The molecule has 158 valence electrons. The van der Waals surface area contributed by atoms with E-state index in [1.165, 1.54) is 12.1 Å². The molecule has 7 nitrogen and oxygen atoms in total. The highest BCUT2D eigenvalue weighted by Crippen LogP contribution is 2.28. The first-order valence-electron chi connectivity index (χ1n) is 9.28. The summed E-state index contributed by atoms with van der Waals surface area (Å²) in [4.78, 5) is 21.4. The van der Waals surface area contributed by atoms with Crippen molar-refractivity contribution in [2.24, 2.45) is 0 Å². The largest absolute Gasteiger partial charge is 0.368 e. The molecule has 0 spiro atoms. The number of carbonyl (C=O) groups excluding carboxylic acids is 1. The molecule has 0 aliphatic carbocycles. The normalized spacial score (nSPS) is 11.0. The van der Waals surface area contributed by atoms with Crippen LogP contribution in [0.5, 0.6) is 0 Å². The minimum Gasteiger partial charge on any atom is -0.368 e. The van der Waals surface area contributed by atoms with Crippen molar-refractivity contribution in [1.82, 2.24) is 25.1 Å². The maximum absolute atomic E-state index is 12.7. The molecule has 0 aliphatic heterocycles. The van der Waals surface area contributed by atoms with Crippen molar-refractivity contribution >= 4 is 23.5 Å². The Morgan fingerprint density at radius 1 is 1.13 bits per heavy atom. The molecule has 0 fully saturated rings. The average molecular weight is 433 g/mol. The second-order valence-electron chi connectivity index (χ2n) is 6.55. The Bertz CT molecular complexity index is 1040. The minimum absolute atomic E-state index is 0.229. The number of nitrogens with one attached hydrogen (secondary N) is 2. The summed E-state index contributed by atoms with van der Waals surface area (Å²) in [5.74, 6) is -1.14. The molecular formula is C20H22F2N6OS. The predicted octanol–water partition coefficient (Wildman–Crippen LogP) is 3.74. The Kier molecular flexibility index (Phi) is 6.99. The van der Waals surface area contributed by atoms with Gasteiger partial charge in [-0.15, -0.1) is 0 Å². The lowest BCUT2D eigenvalue weighted by molar-refractivity contribution is 0.0952. The van der Waals surface area contributed by atoms with Crippen LogP contribution in [0, 0.1) is 20.8 Å². The molecule has 0 saturated carbocycles. The number of hydrogen-bond donors (Lipinski definition) is 2. The molecule has 1 aromatic carbocycles. The summed E-state index contributed by atoms with van der Waals surface area (Å²) >= 11 is 0.358. The van der Waals surface area contributed by atoms with Gasteiger partial charge in [0.2, 0.25) is 0 Å². The summed E-state index contributed by atoms with van der Waals surface area (Å²) < 4.78 is 27.1. The molecule has 0 saturated heterocycles. The maximum atomic E-state index is 12.7. The van der Waals surface area contributed by atoms with Gasteiger partial charge in [-0.3, -0.25) is 4.79 Å². The molecule has 1 amide bonds. The first-order valence-corrected chi connectivity index (χ1v) is 10.2. The number of amides is 1. The molecule has 3 rings (SSSR count). The monoisotopic (exact) mass is 432 g/mol. The SMILES string of the molecule is Cc1cc(C)n(-c2cc(NCCNC(=O)c3ccccc3SC(F)F)nc(C)n2)n1.